The number of aliphatic hydroxyl groups excluding tert-OH is 1. The number of rotatable bonds is 14. The summed E-state index contributed by atoms with van der Waals surface area (Å²) in [6, 6.07) is 0. The van der Waals surface area contributed by atoms with Crippen molar-refractivity contribution >= 4 is 5.97 Å². The fourth-order valence-corrected chi connectivity index (χ4v) is 2.07. The zero-order valence-electron chi connectivity index (χ0n) is 12.6. The Morgan fingerprint density at radius 1 is 0.750 bits per heavy atom. The van der Waals surface area contributed by atoms with Crippen LogP contribution in [0.1, 0.15) is 77.0 Å². The number of carboxylic acid groups (broad SMARTS) is 1. The van der Waals surface area contributed by atoms with Gasteiger partial charge in [0.15, 0.2) is 0 Å². The van der Waals surface area contributed by atoms with Crippen molar-refractivity contribution in [3.63, 3.8) is 0 Å². The van der Waals surface area contributed by atoms with Crippen LogP contribution in [-0.2, 0) is 4.79 Å². The summed E-state index contributed by atoms with van der Waals surface area (Å²) in [5.74, 6) is -0.389. The highest BCUT2D eigenvalue weighted by atomic mass is 16.4. The third-order valence-electron chi connectivity index (χ3n) is 3.26. The van der Waals surface area contributed by atoms with Gasteiger partial charge in [0.2, 0.25) is 0 Å². The number of aliphatic hydroxyl groups is 1. The SMILES string of the molecule is C=C(O)CCCCCCC/C=C/CCCCCC(=O)O. The molecule has 0 saturated carbocycles. The number of aliphatic carboxylic acids is 1. The summed E-state index contributed by atoms with van der Waals surface area (Å²) in [6.45, 7) is 3.48. The van der Waals surface area contributed by atoms with E-state index < -0.39 is 5.97 Å². The van der Waals surface area contributed by atoms with Crippen LogP contribution in [0.25, 0.3) is 0 Å². The van der Waals surface area contributed by atoms with E-state index >= 15 is 0 Å². The Balaban J connectivity index is 3.12. The van der Waals surface area contributed by atoms with E-state index in [1.54, 1.807) is 0 Å². The summed E-state index contributed by atoms with van der Waals surface area (Å²) >= 11 is 0. The van der Waals surface area contributed by atoms with Gasteiger partial charge in [0.05, 0.1) is 5.76 Å². The largest absolute Gasteiger partial charge is 0.513 e. The lowest BCUT2D eigenvalue weighted by atomic mass is 10.1. The summed E-state index contributed by atoms with van der Waals surface area (Å²) in [7, 11) is 0. The van der Waals surface area contributed by atoms with Crippen LogP contribution in [0.2, 0.25) is 0 Å². The Labute approximate surface area is 123 Å². The van der Waals surface area contributed by atoms with Crippen molar-refractivity contribution in [3.8, 4) is 0 Å². The molecule has 0 radical (unpaired) electrons. The molecule has 0 aliphatic heterocycles. The summed E-state index contributed by atoms with van der Waals surface area (Å²) in [4.78, 5) is 10.3. The maximum Gasteiger partial charge on any atom is 0.303 e. The first kappa shape index (κ1) is 18.8. The van der Waals surface area contributed by atoms with E-state index in [0.29, 0.717) is 12.2 Å². The number of hydrogen-bond acceptors (Lipinski definition) is 2. The molecule has 0 saturated heterocycles. The van der Waals surface area contributed by atoms with Gasteiger partial charge in [-0.3, -0.25) is 4.79 Å². The fourth-order valence-electron chi connectivity index (χ4n) is 2.07. The van der Waals surface area contributed by atoms with E-state index in [-0.39, 0.29) is 0 Å². The van der Waals surface area contributed by atoms with Crippen molar-refractivity contribution < 1.29 is 15.0 Å². The molecule has 0 bridgehead atoms. The third kappa shape index (κ3) is 16.8. The second-order valence-electron chi connectivity index (χ2n) is 5.34. The van der Waals surface area contributed by atoms with E-state index in [4.69, 9.17) is 10.2 Å². The molecule has 0 aromatic carbocycles. The number of carboxylic acids is 1. The molecule has 0 unspecified atom stereocenters. The predicted molar refractivity (Wildman–Crippen MR) is 83.9 cm³/mol. The maximum atomic E-state index is 10.3. The van der Waals surface area contributed by atoms with Crippen molar-refractivity contribution in [1.82, 2.24) is 0 Å². The number of carbonyl (C=O) groups is 1. The first-order chi connectivity index (χ1) is 9.63. The molecule has 3 heteroatoms. The van der Waals surface area contributed by atoms with Gasteiger partial charge >= 0.3 is 5.97 Å². The van der Waals surface area contributed by atoms with Crippen LogP contribution in [-0.4, -0.2) is 16.2 Å². The molecule has 0 amide bonds. The maximum absolute atomic E-state index is 10.3. The Bertz CT molecular complexity index is 282. The summed E-state index contributed by atoms with van der Waals surface area (Å²) in [6.07, 6.45) is 16.5. The minimum absolute atomic E-state index is 0.299. The molecular weight excluding hydrogens is 252 g/mol. The minimum Gasteiger partial charge on any atom is -0.513 e. The second-order valence-corrected chi connectivity index (χ2v) is 5.34. The highest BCUT2D eigenvalue weighted by Gasteiger charge is 1.95. The van der Waals surface area contributed by atoms with Gasteiger partial charge in [0.25, 0.3) is 0 Å². The van der Waals surface area contributed by atoms with Crippen LogP contribution in [0.15, 0.2) is 24.5 Å². The zero-order chi connectivity index (χ0) is 15.1. The smallest absolute Gasteiger partial charge is 0.303 e. The van der Waals surface area contributed by atoms with Gasteiger partial charge in [-0.05, 0) is 38.5 Å². The molecular formula is C17H30O3. The fraction of sp³-hybridized carbons (Fsp3) is 0.706. The third-order valence-corrected chi connectivity index (χ3v) is 3.26. The molecule has 3 nitrogen and oxygen atoms in total. The molecule has 0 spiro atoms. The van der Waals surface area contributed by atoms with Crippen molar-refractivity contribution in [2.24, 2.45) is 0 Å². The molecule has 20 heavy (non-hydrogen) atoms. The van der Waals surface area contributed by atoms with Gasteiger partial charge < -0.3 is 10.2 Å². The highest BCUT2D eigenvalue weighted by Crippen LogP contribution is 2.10. The van der Waals surface area contributed by atoms with Crippen LogP contribution >= 0.6 is 0 Å². The van der Waals surface area contributed by atoms with E-state index in [1.807, 2.05) is 0 Å². The second kappa shape index (κ2) is 14.2. The van der Waals surface area contributed by atoms with Crippen molar-refractivity contribution in [2.75, 3.05) is 0 Å². The standard InChI is InChI=1S/C17H30O3/c1-16(18)14-12-10-8-6-4-2-3-5-7-9-11-13-15-17(19)20/h3,5,18H,1-2,4,6-15H2,(H,19,20)/b5-3+. The van der Waals surface area contributed by atoms with Crippen LogP contribution in [0.3, 0.4) is 0 Å². The van der Waals surface area contributed by atoms with Crippen LogP contribution in [0.5, 0.6) is 0 Å². The average molecular weight is 282 g/mol. The number of allylic oxidation sites excluding steroid dienone is 3. The average Bonchev–Trinajstić information content (AvgIpc) is 2.38. The van der Waals surface area contributed by atoms with Crippen molar-refractivity contribution in [1.29, 1.82) is 0 Å². The Morgan fingerprint density at radius 2 is 1.20 bits per heavy atom. The van der Waals surface area contributed by atoms with Gasteiger partial charge in [0, 0.05) is 12.8 Å². The summed E-state index contributed by atoms with van der Waals surface area (Å²) in [5, 5.41) is 17.4. The Kier molecular flexibility index (Phi) is 13.3. The molecule has 2 N–H and O–H groups in total. The van der Waals surface area contributed by atoms with E-state index in [2.05, 4.69) is 18.7 Å². The molecule has 116 valence electrons. The lowest BCUT2D eigenvalue weighted by Gasteiger charge is -2.00. The molecule has 0 aromatic rings. The van der Waals surface area contributed by atoms with Crippen molar-refractivity contribution in [2.45, 2.75) is 77.0 Å². The number of hydrogen-bond donors (Lipinski definition) is 2. The number of unbranched alkanes of at least 4 members (excludes halogenated alkanes) is 8. The monoisotopic (exact) mass is 282 g/mol. The van der Waals surface area contributed by atoms with E-state index in [0.717, 1.165) is 44.9 Å². The molecule has 0 rings (SSSR count). The van der Waals surface area contributed by atoms with Crippen molar-refractivity contribution in [3.05, 3.63) is 24.5 Å². The normalized spacial score (nSPS) is 11.0. The Hall–Kier alpha value is -1.25. The first-order valence-corrected chi connectivity index (χ1v) is 7.86. The lowest BCUT2D eigenvalue weighted by Crippen LogP contribution is -1.93. The quantitative estimate of drug-likeness (QED) is 0.255. The molecule has 0 aliphatic rings. The lowest BCUT2D eigenvalue weighted by molar-refractivity contribution is -0.137. The predicted octanol–water partition coefficient (Wildman–Crippen LogP) is 5.38. The van der Waals surface area contributed by atoms with Gasteiger partial charge in [-0.15, -0.1) is 0 Å². The molecule has 0 fully saturated rings. The Morgan fingerprint density at radius 3 is 1.75 bits per heavy atom. The van der Waals surface area contributed by atoms with Crippen LogP contribution in [0, 0.1) is 0 Å². The van der Waals surface area contributed by atoms with Crippen LogP contribution < -0.4 is 0 Å². The van der Waals surface area contributed by atoms with Gasteiger partial charge in [0.1, 0.15) is 0 Å². The van der Waals surface area contributed by atoms with E-state index in [9.17, 15) is 4.79 Å². The molecule has 0 heterocycles. The minimum atomic E-state index is -0.691. The van der Waals surface area contributed by atoms with Gasteiger partial charge in [-0.2, -0.15) is 0 Å². The van der Waals surface area contributed by atoms with Crippen LogP contribution in [0.4, 0.5) is 0 Å². The summed E-state index contributed by atoms with van der Waals surface area (Å²) < 4.78 is 0. The molecule has 0 aliphatic carbocycles. The summed E-state index contributed by atoms with van der Waals surface area (Å²) in [5.41, 5.74) is 0. The highest BCUT2D eigenvalue weighted by molar-refractivity contribution is 5.66. The van der Waals surface area contributed by atoms with E-state index in [1.165, 1.54) is 25.7 Å². The van der Waals surface area contributed by atoms with Gasteiger partial charge in [-0.25, -0.2) is 0 Å². The van der Waals surface area contributed by atoms with Gasteiger partial charge in [-0.1, -0.05) is 44.4 Å². The first-order valence-electron chi connectivity index (χ1n) is 7.86. The molecule has 0 atom stereocenters. The molecule has 0 aromatic heterocycles. The zero-order valence-corrected chi connectivity index (χ0v) is 12.6. The topological polar surface area (TPSA) is 57.5 Å².